The van der Waals surface area contributed by atoms with E-state index in [-0.39, 0.29) is 5.91 Å². The van der Waals surface area contributed by atoms with Gasteiger partial charge < -0.3 is 15.4 Å². The molecule has 0 unspecified atom stereocenters. The van der Waals surface area contributed by atoms with Crippen molar-refractivity contribution in [1.29, 1.82) is 0 Å². The van der Waals surface area contributed by atoms with Crippen molar-refractivity contribution >= 4 is 33.9 Å². The van der Waals surface area contributed by atoms with Gasteiger partial charge in [-0.3, -0.25) is 9.48 Å². The van der Waals surface area contributed by atoms with Crippen molar-refractivity contribution in [2.75, 3.05) is 17.7 Å². The molecule has 1 amide bonds. The lowest BCUT2D eigenvalue weighted by Crippen LogP contribution is -2.12. The fourth-order valence-corrected chi connectivity index (χ4v) is 3.50. The second kappa shape index (κ2) is 7.40. The van der Waals surface area contributed by atoms with Crippen LogP contribution >= 0.6 is 11.3 Å². The van der Waals surface area contributed by atoms with Crippen LogP contribution in [0, 0.1) is 27.7 Å². The molecule has 0 aliphatic rings. The minimum atomic E-state index is -0.200. The summed E-state index contributed by atoms with van der Waals surface area (Å²) in [6.45, 7) is 7.88. The molecule has 27 heavy (non-hydrogen) atoms. The van der Waals surface area contributed by atoms with E-state index in [4.69, 9.17) is 4.74 Å². The molecule has 2 N–H and O–H groups in total. The monoisotopic (exact) mass is 385 g/mol. The number of carbonyl (C=O) groups excluding carboxylic acids is 1. The number of thiazole rings is 1. The summed E-state index contributed by atoms with van der Waals surface area (Å²) in [6, 6.07) is 3.82. The summed E-state index contributed by atoms with van der Waals surface area (Å²) >= 11 is 1.29. The molecule has 0 atom stereocenters. The third-order valence-electron chi connectivity index (χ3n) is 4.67. The second-order valence-electron chi connectivity index (χ2n) is 6.38. The largest absolute Gasteiger partial charge is 0.496 e. The Morgan fingerprint density at radius 2 is 1.93 bits per heavy atom. The number of benzene rings is 1. The van der Waals surface area contributed by atoms with Gasteiger partial charge in [-0.1, -0.05) is 17.4 Å². The number of amides is 1. The Morgan fingerprint density at radius 3 is 2.56 bits per heavy atom. The predicted molar refractivity (Wildman–Crippen MR) is 108 cm³/mol. The van der Waals surface area contributed by atoms with Gasteiger partial charge in [0.25, 0.3) is 5.91 Å². The van der Waals surface area contributed by atoms with E-state index < -0.39 is 0 Å². The van der Waals surface area contributed by atoms with Gasteiger partial charge in [-0.25, -0.2) is 4.98 Å². The van der Waals surface area contributed by atoms with Gasteiger partial charge in [-0.05, 0) is 39.3 Å². The van der Waals surface area contributed by atoms with Crippen LogP contribution in [-0.2, 0) is 7.05 Å². The molecular weight excluding hydrogens is 362 g/mol. The summed E-state index contributed by atoms with van der Waals surface area (Å²) in [7, 11) is 3.51. The number of carbonyl (C=O) groups is 1. The quantitative estimate of drug-likeness (QED) is 0.691. The maximum absolute atomic E-state index is 12.7. The number of methoxy groups -OCH3 is 1. The van der Waals surface area contributed by atoms with Crippen LogP contribution in [0.5, 0.6) is 5.75 Å². The number of nitrogens with zero attached hydrogens (tertiary/aromatic N) is 3. The molecule has 0 bridgehead atoms. The van der Waals surface area contributed by atoms with Crippen LogP contribution in [0.15, 0.2) is 18.3 Å². The first-order chi connectivity index (χ1) is 12.8. The first-order valence-corrected chi connectivity index (χ1v) is 9.32. The highest BCUT2D eigenvalue weighted by Crippen LogP contribution is 2.30. The molecule has 3 rings (SSSR count). The van der Waals surface area contributed by atoms with Crippen molar-refractivity contribution in [2.45, 2.75) is 27.7 Å². The number of rotatable bonds is 5. The summed E-state index contributed by atoms with van der Waals surface area (Å²) < 4.78 is 7.15. The molecule has 0 saturated carbocycles. The Labute approximate surface area is 162 Å². The Kier molecular flexibility index (Phi) is 5.18. The highest BCUT2D eigenvalue weighted by atomic mass is 32.1. The number of hydrogen-bond donors (Lipinski definition) is 2. The molecule has 0 aliphatic carbocycles. The molecule has 2 heterocycles. The first-order valence-electron chi connectivity index (χ1n) is 8.50. The predicted octanol–water partition coefficient (Wildman–Crippen LogP) is 4.11. The minimum Gasteiger partial charge on any atom is -0.496 e. The van der Waals surface area contributed by atoms with Crippen LogP contribution in [0.3, 0.4) is 0 Å². The molecule has 0 aliphatic heterocycles. The van der Waals surface area contributed by atoms with E-state index >= 15 is 0 Å². The minimum absolute atomic E-state index is 0.200. The van der Waals surface area contributed by atoms with Gasteiger partial charge in [0.2, 0.25) is 0 Å². The zero-order chi connectivity index (χ0) is 19.7. The van der Waals surface area contributed by atoms with Gasteiger partial charge in [-0.2, -0.15) is 5.10 Å². The molecule has 142 valence electrons. The number of aryl methyl sites for hydroxylation is 2. The van der Waals surface area contributed by atoms with Crippen molar-refractivity contribution in [3.63, 3.8) is 0 Å². The van der Waals surface area contributed by atoms with E-state index in [1.807, 2.05) is 51.6 Å². The Bertz CT molecular complexity index is 1010. The standard InChI is InChI=1S/C19H23N5O2S/c1-10-7-8-14(26-6)12(3)16(10)21-18(25)15-9-20-19(27-15)22-17-11(2)13(4)24(5)23-17/h7-9H,1-6H3,(H,21,25)(H,20,22,23). The number of aromatic nitrogens is 3. The summed E-state index contributed by atoms with van der Waals surface area (Å²) in [5.41, 5.74) is 4.77. The highest BCUT2D eigenvalue weighted by molar-refractivity contribution is 7.17. The van der Waals surface area contributed by atoms with Crippen molar-refractivity contribution in [2.24, 2.45) is 7.05 Å². The van der Waals surface area contributed by atoms with Gasteiger partial charge in [0, 0.05) is 23.9 Å². The Balaban J connectivity index is 1.79. The van der Waals surface area contributed by atoms with Crippen molar-refractivity contribution in [3.8, 4) is 5.75 Å². The van der Waals surface area contributed by atoms with E-state index in [2.05, 4.69) is 20.7 Å². The zero-order valence-electron chi connectivity index (χ0n) is 16.3. The first kappa shape index (κ1) is 18.9. The lowest BCUT2D eigenvalue weighted by molar-refractivity contribution is 0.103. The fraction of sp³-hybridized carbons (Fsp3) is 0.316. The molecule has 1 aromatic carbocycles. The third kappa shape index (κ3) is 3.66. The van der Waals surface area contributed by atoms with Crippen LogP contribution in [-0.4, -0.2) is 27.8 Å². The lowest BCUT2D eigenvalue weighted by atomic mass is 10.1. The average Bonchev–Trinajstić information content (AvgIpc) is 3.20. The maximum atomic E-state index is 12.7. The second-order valence-corrected chi connectivity index (χ2v) is 7.41. The van der Waals surface area contributed by atoms with E-state index in [0.717, 1.165) is 39.6 Å². The van der Waals surface area contributed by atoms with Crippen LogP contribution in [0.1, 0.15) is 32.1 Å². The summed E-state index contributed by atoms with van der Waals surface area (Å²) in [5, 5.41) is 11.2. The smallest absolute Gasteiger partial charge is 0.267 e. The molecule has 0 saturated heterocycles. The fourth-order valence-electron chi connectivity index (χ4n) is 2.79. The third-order valence-corrected chi connectivity index (χ3v) is 5.58. The summed E-state index contributed by atoms with van der Waals surface area (Å²) in [4.78, 5) is 17.5. The number of nitrogens with one attached hydrogen (secondary N) is 2. The van der Waals surface area contributed by atoms with Gasteiger partial charge in [-0.15, -0.1) is 0 Å². The molecular formula is C19H23N5O2S. The van der Waals surface area contributed by atoms with E-state index in [9.17, 15) is 4.79 Å². The summed E-state index contributed by atoms with van der Waals surface area (Å²) in [6.07, 6.45) is 1.57. The van der Waals surface area contributed by atoms with Crippen molar-refractivity contribution < 1.29 is 9.53 Å². The lowest BCUT2D eigenvalue weighted by Gasteiger charge is -2.14. The van der Waals surface area contributed by atoms with Gasteiger partial charge >= 0.3 is 0 Å². The van der Waals surface area contributed by atoms with Gasteiger partial charge in [0.15, 0.2) is 10.9 Å². The number of hydrogen-bond acceptors (Lipinski definition) is 6. The topological polar surface area (TPSA) is 81.1 Å². The average molecular weight is 385 g/mol. The van der Waals surface area contributed by atoms with Gasteiger partial charge in [0.1, 0.15) is 10.6 Å². The molecule has 0 fully saturated rings. The van der Waals surface area contributed by atoms with Crippen LogP contribution in [0.2, 0.25) is 0 Å². The van der Waals surface area contributed by atoms with Crippen LogP contribution in [0.4, 0.5) is 16.6 Å². The molecule has 0 radical (unpaired) electrons. The van der Waals surface area contributed by atoms with Crippen molar-refractivity contribution in [1.82, 2.24) is 14.8 Å². The maximum Gasteiger partial charge on any atom is 0.267 e. The highest BCUT2D eigenvalue weighted by Gasteiger charge is 2.16. The molecule has 2 aromatic heterocycles. The normalized spacial score (nSPS) is 10.7. The van der Waals surface area contributed by atoms with Crippen LogP contribution in [0.25, 0.3) is 0 Å². The Hall–Kier alpha value is -2.87. The van der Waals surface area contributed by atoms with Crippen molar-refractivity contribution in [3.05, 3.63) is 45.6 Å². The number of anilines is 3. The van der Waals surface area contributed by atoms with E-state index in [0.29, 0.717) is 10.0 Å². The number of ether oxygens (including phenoxy) is 1. The SMILES string of the molecule is COc1ccc(C)c(NC(=O)c2cnc(Nc3nn(C)c(C)c3C)s2)c1C. The van der Waals surface area contributed by atoms with Gasteiger partial charge in [0.05, 0.1) is 19.0 Å². The zero-order valence-corrected chi connectivity index (χ0v) is 17.1. The van der Waals surface area contributed by atoms with Crippen LogP contribution < -0.4 is 15.4 Å². The van der Waals surface area contributed by atoms with E-state index in [1.54, 1.807) is 13.3 Å². The Morgan fingerprint density at radius 1 is 1.19 bits per heavy atom. The van der Waals surface area contributed by atoms with E-state index in [1.165, 1.54) is 11.3 Å². The molecule has 3 aromatic rings. The molecule has 0 spiro atoms. The summed E-state index contributed by atoms with van der Waals surface area (Å²) in [5.74, 6) is 1.29. The molecule has 7 nitrogen and oxygen atoms in total. The molecule has 8 heteroatoms.